The van der Waals surface area contributed by atoms with Crippen LogP contribution in [0.2, 0.25) is 0 Å². The van der Waals surface area contributed by atoms with Crippen molar-refractivity contribution >= 4 is 10.1 Å². The minimum atomic E-state index is -5.56. The van der Waals surface area contributed by atoms with E-state index in [2.05, 4.69) is 4.18 Å². The van der Waals surface area contributed by atoms with Crippen molar-refractivity contribution in [2.75, 3.05) is 0 Å². The highest BCUT2D eigenvalue weighted by Crippen LogP contribution is 2.48. The third-order valence-corrected chi connectivity index (χ3v) is 4.12. The van der Waals surface area contributed by atoms with Crippen LogP contribution < -0.4 is 0 Å². The lowest BCUT2D eigenvalue weighted by atomic mass is 9.69. The third kappa shape index (κ3) is 3.18. The van der Waals surface area contributed by atoms with Crippen molar-refractivity contribution in [1.29, 1.82) is 0 Å². The highest BCUT2D eigenvalue weighted by atomic mass is 32.2. The van der Waals surface area contributed by atoms with E-state index in [1.165, 1.54) is 6.08 Å². The molecule has 0 aromatic rings. The van der Waals surface area contributed by atoms with Crippen molar-refractivity contribution in [1.82, 2.24) is 0 Å². The number of allylic oxidation sites excluding steroid dienone is 2. The quantitative estimate of drug-likeness (QED) is 0.439. The molecular weight excluding hydrogens is 269 g/mol. The van der Waals surface area contributed by atoms with Crippen LogP contribution in [0.3, 0.4) is 0 Å². The molecule has 0 aromatic heterocycles. The van der Waals surface area contributed by atoms with Crippen LogP contribution >= 0.6 is 0 Å². The normalized spacial score (nSPS) is 20.4. The molecule has 0 bridgehead atoms. The second kappa shape index (κ2) is 5.11. The molecule has 106 valence electrons. The Labute approximate surface area is 105 Å². The van der Waals surface area contributed by atoms with E-state index in [1.807, 2.05) is 6.92 Å². The van der Waals surface area contributed by atoms with Crippen LogP contribution in [-0.2, 0) is 14.3 Å². The maximum absolute atomic E-state index is 12.3. The SMILES string of the molecule is CCCC=C(OS(=O)(=O)C(F)(F)F)C1(C)CCC1. The Kier molecular flexibility index (Phi) is 4.35. The molecule has 7 heteroatoms. The van der Waals surface area contributed by atoms with Gasteiger partial charge in [-0.15, -0.1) is 0 Å². The van der Waals surface area contributed by atoms with Gasteiger partial charge in [-0.25, -0.2) is 0 Å². The average Bonchev–Trinajstić information content (AvgIpc) is 2.19. The van der Waals surface area contributed by atoms with E-state index >= 15 is 0 Å². The topological polar surface area (TPSA) is 43.4 Å². The Morgan fingerprint density at radius 1 is 1.39 bits per heavy atom. The van der Waals surface area contributed by atoms with Crippen LogP contribution in [0, 0.1) is 5.41 Å². The summed E-state index contributed by atoms with van der Waals surface area (Å²) >= 11 is 0. The van der Waals surface area contributed by atoms with E-state index in [9.17, 15) is 21.6 Å². The summed E-state index contributed by atoms with van der Waals surface area (Å²) in [5, 5.41) is 0. The molecule has 0 atom stereocenters. The molecule has 0 heterocycles. The summed E-state index contributed by atoms with van der Waals surface area (Å²) in [5.74, 6) is -0.0621. The van der Waals surface area contributed by atoms with Crippen LogP contribution in [0.1, 0.15) is 46.0 Å². The van der Waals surface area contributed by atoms with Crippen molar-refractivity contribution in [2.45, 2.75) is 51.5 Å². The zero-order valence-corrected chi connectivity index (χ0v) is 11.2. The number of halogens is 3. The zero-order valence-electron chi connectivity index (χ0n) is 10.4. The highest BCUT2D eigenvalue weighted by Gasteiger charge is 2.51. The van der Waals surface area contributed by atoms with Crippen molar-refractivity contribution in [3.05, 3.63) is 11.8 Å². The van der Waals surface area contributed by atoms with Crippen LogP contribution in [0.5, 0.6) is 0 Å². The summed E-state index contributed by atoms with van der Waals surface area (Å²) in [5.41, 5.74) is -5.95. The Morgan fingerprint density at radius 2 is 1.94 bits per heavy atom. The van der Waals surface area contributed by atoms with E-state index in [1.54, 1.807) is 6.92 Å². The van der Waals surface area contributed by atoms with Gasteiger partial charge in [-0.05, 0) is 25.3 Å². The van der Waals surface area contributed by atoms with Gasteiger partial charge < -0.3 is 4.18 Å². The van der Waals surface area contributed by atoms with Gasteiger partial charge in [0.15, 0.2) is 0 Å². The van der Waals surface area contributed by atoms with E-state index in [4.69, 9.17) is 0 Å². The molecule has 0 N–H and O–H groups in total. The predicted octanol–water partition coefficient (Wildman–Crippen LogP) is 3.73. The fourth-order valence-electron chi connectivity index (χ4n) is 1.78. The van der Waals surface area contributed by atoms with Crippen LogP contribution in [0.4, 0.5) is 13.2 Å². The largest absolute Gasteiger partial charge is 0.534 e. The molecule has 1 aliphatic carbocycles. The Balaban J connectivity index is 2.94. The molecule has 0 saturated heterocycles. The number of alkyl halides is 3. The maximum Gasteiger partial charge on any atom is 0.534 e. The van der Waals surface area contributed by atoms with Crippen molar-refractivity contribution in [3.8, 4) is 0 Å². The first-order valence-corrected chi connectivity index (χ1v) is 7.24. The molecule has 1 aliphatic rings. The fraction of sp³-hybridized carbons (Fsp3) is 0.818. The molecule has 0 aliphatic heterocycles. The van der Waals surface area contributed by atoms with E-state index in [-0.39, 0.29) is 5.76 Å². The molecule has 0 radical (unpaired) electrons. The maximum atomic E-state index is 12.3. The molecule has 18 heavy (non-hydrogen) atoms. The third-order valence-electron chi connectivity index (χ3n) is 3.15. The summed E-state index contributed by atoms with van der Waals surface area (Å²) < 4.78 is 63.2. The lowest BCUT2D eigenvalue weighted by molar-refractivity contribution is -0.0540. The summed E-state index contributed by atoms with van der Waals surface area (Å²) in [6.45, 7) is 3.58. The van der Waals surface area contributed by atoms with Gasteiger partial charge in [-0.3, -0.25) is 0 Å². The lowest BCUT2D eigenvalue weighted by Gasteiger charge is -2.39. The predicted molar refractivity (Wildman–Crippen MR) is 61.0 cm³/mol. The highest BCUT2D eigenvalue weighted by molar-refractivity contribution is 7.87. The van der Waals surface area contributed by atoms with Gasteiger partial charge >= 0.3 is 15.6 Å². The number of hydrogen-bond donors (Lipinski definition) is 0. The Bertz CT molecular complexity index is 419. The fourth-order valence-corrected chi connectivity index (χ4v) is 2.38. The van der Waals surface area contributed by atoms with Crippen molar-refractivity contribution in [3.63, 3.8) is 0 Å². The first kappa shape index (κ1) is 15.3. The molecule has 0 spiro atoms. The molecule has 1 fully saturated rings. The second-order valence-electron chi connectivity index (χ2n) is 4.75. The molecule has 0 unspecified atom stereocenters. The summed E-state index contributed by atoms with van der Waals surface area (Å²) in [4.78, 5) is 0. The van der Waals surface area contributed by atoms with E-state index < -0.39 is 21.0 Å². The van der Waals surface area contributed by atoms with Gasteiger partial charge in [-0.1, -0.05) is 26.7 Å². The van der Waals surface area contributed by atoms with Gasteiger partial charge in [0.05, 0.1) is 0 Å². The smallest absolute Gasteiger partial charge is 0.380 e. The van der Waals surface area contributed by atoms with Gasteiger partial charge in [-0.2, -0.15) is 21.6 Å². The number of rotatable bonds is 5. The Morgan fingerprint density at radius 3 is 2.28 bits per heavy atom. The molecular formula is C11H17F3O3S. The summed E-state index contributed by atoms with van der Waals surface area (Å²) in [6.07, 6.45) is 4.84. The summed E-state index contributed by atoms with van der Waals surface area (Å²) in [7, 11) is -5.56. The minimum absolute atomic E-state index is 0.0621. The lowest BCUT2D eigenvalue weighted by Crippen LogP contribution is -2.34. The van der Waals surface area contributed by atoms with Crippen LogP contribution in [-0.4, -0.2) is 13.9 Å². The van der Waals surface area contributed by atoms with Gasteiger partial charge in [0, 0.05) is 5.41 Å². The molecule has 0 aromatic carbocycles. The molecule has 1 rings (SSSR count). The van der Waals surface area contributed by atoms with Gasteiger partial charge in [0.2, 0.25) is 0 Å². The van der Waals surface area contributed by atoms with E-state index in [0.717, 1.165) is 12.8 Å². The van der Waals surface area contributed by atoms with Crippen LogP contribution in [0.15, 0.2) is 11.8 Å². The monoisotopic (exact) mass is 286 g/mol. The molecule has 0 amide bonds. The zero-order chi connectivity index (χ0) is 14.0. The van der Waals surface area contributed by atoms with Crippen molar-refractivity contribution in [2.24, 2.45) is 5.41 Å². The van der Waals surface area contributed by atoms with Gasteiger partial charge in [0.25, 0.3) is 0 Å². The average molecular weight is 286 g/mol. The first-order valence-electron chi connectivity index (χ1n) is 5.84. The van der Waals surface area contributed by atoms with E-state index in [0.29, 0.717) is 19.3 Å². The van der Waals surface area contributed by atoms with Crippen molar-refractivity contribution < 1.29 is 25.8 Å². The molecule has 1 saturated carbocycles. The second-order valence-corrected chi connectivity index (χ2v) is 6.29. The van der Waals surface area contributed by atoms with Crippen LogP contribution in [0.25, 0.3) is 0 Å². The minimum Gasteiger partial charge on any atom is -0.380 e. The summed E-state index contributed by atoms with van der Waals surface area (Å²) in [6, 6.07) is 0. The Hall–Kier alpha value is -0.720. The first-order chi connectivity index (χ1) is 8.12. The number of unbranched alkanes of at least 4 members (excludes halogenated alkanes) is 1. The molecule has 3 nitrogen and oxygen atoms in total. The number of hydrogen-bond acceptors (Lipinski definition) is 3. The van der Waals surface area contributed by atoms with Gasteiger partial charge in [0.1, 0.15) is 5.76 Å². The standard InChI is InChI=1S/C11H17F3O3S/c1-3-4-6-9(10(2)7-5-8-10)17-18(15,16)11(12,13)14/h6H,3-5,7-8H2,1-2H3.